The molecule has 0 saturated carbocycles. The van der Waals surface area contributed by atoms with Crippen LogP contribution in [0.2, 0.25) is 0 Å². The highest BCUT2D eigenvalue weighted by atomic mass is 16.6. The first-order valence-electron chi connectivity index (χ1n) is 6.45. The summed E-state index contributed by atoms with van der Waals surface area (Å²) < 4.78 is 5.53. The molecular weight excluding hydrogens is 212 g/mol. The lowest BCUT2D eigenvalue weighted by Crippen LogP contribution is -2.37. The molecule has 0 aromatic rings. The van der Waals surface area contributed by atoms with Crippen LogP contribution in [-0.2, 0) is 9.53 Å². The highest BCUT2D eigenvalue weighted by Crippen LogP contribution is 2.37. The molecule has 0 aliphatic rings. The molecular formula is C15H30O2. The van der Waals surface area contributed by atoms with Crippen LogP contribution in [0.4, 0.5) is 0 Å². The van der Waals surface area contributed by atoms with Crippen molar-refractivity contribution in [1.29, 1.82) is 0 Å². The van der Waals surface area contributed by atoms with Crippen LogP contribution in [0.1, 0.15) is 68.7 Å². The van der Waals surface area contributed by atoms with Gasteiger partial charge in [-0.15, -0.1) is 0 Å². The van der Waals surface area contributed by atoms with Gasteiger partial charge in [-0.05, 0) is 38.0 Å². The van der Waals surface area contributed by atoms with Gasteiger partial charge in [0.15, 0.2) is 0 Å². The second kappa shape index (κ2) is 4.99. The Hall–Kier alpha value is -0.530. The molecule has 0 unspecified atom stereocenters. The zero-order valence-electron chi connectivity index (χ0n) is 13.1. The van der Waals surface area contributed by atoms with Gasteiger partial charge in [0, 0.05) is 0 Å². The fourth-order valence-electron chi connectivity index (χ4n) is 1.73. The van der Waals surface area contributed by atoms with Crippen molar-refractivity contribution in [1.82, 2.24) is 0 Å². The third-order valence-corrected chi connectivity index (χ3v) is 2.55. The number of rotatable bonds is 2. The first kappa shape index (κ1) is 16.5. The van der Waals surface area contributed by atoms with Gasteiger partial charge in [-0.1, -0.05) is 41.5 Å². The Kier molecular flexibility index (Phi) is 4.84. The third-order valence-electron chi connectivity index (χ3n) is 2.55. The molecule has 0 aliphatic heterocycles. The van der Waals surface area contributed by atoms with Gasteiger partial charge in [0.05, 0.1) is 5.92 Å². The number of esters is 1. The molecule has 102 valence electrons. The summed E-state index contributed by atoms with van der Waals surface area (Å²) in [5.41, 5.74) is -0.330. The summed E-state index contributed by atoms with van der Waals surface area (Å²) in [5.74, 6) is -0.123. The standard InChI is InChI=1S/C15H30O2/c1-13(2,3)10-11(14(4,5)6)12(16)17-15(7,8)9/h11H,10H2,1-9H3/t11-/m1/s1. The first-order chi connectivity index (χ1) is 7.22. The molecule has 0 radical (unpaired) electrons. The van der Waals surface area contributed by atoms with Crippen molar-refractivity contribution in [2.75, 3.05) is 0 Å². The summed E-state index contributed by atoms with van der Waals surface area (Å²) in [5, 5.41) is 0. The molecule has 0 saturated heterocycles. The molecule has 1 atom stereocenters. The average Bonchev–Trinajstić information content (AvgIpc) is 1.92. The molecule has 0 aromatic carbocycles. The van der Waals surface area contributed by atoms with E-state index in [1.54, 1.807) is 0 Å². The zero-order valence-corrected chi connectivity index (χ0v) is 13.1. The van der Waals surface area contributed by atoms with E-state index in [2.05, 4.69) is 41.5 Å². The Morgan fingerprint density at radius 1 is 0.941 bits per heavy atom. The van der Waals surface area contributed by atoms with E-state index in [1.807, 2.05) is 20.8 Å². The second-order valence-electron chi connectivity index (χ2n) is 8.22. The van der Waals surface area contributed by atoms with Crippen molar-refractivity contribution in [2.24, 2.45) is 16.7 Å². The Morgan fingerprint density at radius 2 is 1.35 bits per heavy atom. The van der Waals surface area contributed by atoms with Crippen LogP contribution in [0.15, 0.2) is 0 Å². The number of carbonyl (C=O) groups excluding carboxylic acids is 1. The quantitative estimate of drug-likeness (QED) is 0.670. The first-order valence-corrected chi connectivity index (χ1v) is 6.45. The van der Waals surface area contributed by atoms with E-state index in [9.17, 15) is 4.79 Å². The maximum absolute atomic E-state index is 12.3. The Balaban J connectivity index is 4.90. The summed E-state index contributed by atoms with van der Waals surface area (Å²) in [4.78, 5) is 12.3. The molecule has 0 aliphatic carbocycles. The lowest BCUT2D eigenvalue weighted by atomic mass is 9.72. The summed E-state index contributed by atoms with van der Waals surface area (Å²) in [7, 11) is 0. The molecule has 0 rings (SSSR count). The minimum atomic E-state index is -0.404. The summed E-state index contributed by atoms with van der Waals surface area (Å²) >= 11 is 0. The van der Waals surface area contributed by atoms with Gasteiger partial charge in [-0.2, -0.15) is 0 Å². The van der Waals surface area contributed by atoms with Gasteiger partial charge < -0.3 is 4.74 Å². The van der Waals surface area contributed by atoms with Crippen molar-refractivity contribution >= 4 is 5.97 Å². The number of hydrogen-bond acceptors (Lipinski definition) is 2. The number of ether oxygens (including phenoxy) is 1. The molecule has 2 heteroatoms. The van der Waals surface area contributed by atoms with Crippen molar-refractivity contribution in [3.63, 3.8) is 0 Å². The van der Waals surface area contributed by atoms with Gasteiger partial charge in [0.2, 0.25) is 0 Å². The van der Waals surface area contributed by atoms with Gasteiger partial charge in [-0.3, -0.25) is 4.79 Å². The maximum atomic E-state index is 12.3. The summed E-state index contributed by atoms with van der Waals surface area (Å²) in [6.45, 7) is 18.6. The molecule has 2 nitrogen and oxygen atoms in total. The maximum Gasteiger partial charge on any atom is 0.310 e. The topological polar surface area (TPSA) is 26.3 Å². The predicted molar refractivity (Wildman–Crippen MR) is 72.9 cm³/mol. The van der Waals surface area contributed by atoms with Crippen molar-refractivity contribution < 1.29 is 9.53 Å². The predicted octanol–water partition coefficient (Wildman–Crippen LogP) is 4.43. The Labute approximate surface area is 107 Å². The van der Waals surface area contributed by atoms with Crippen LogP contribution < -0.4 is 0 Å². The SMILES string of the molecule is CC(C)(C)C[C@H](C(=O)OC(C)(C)C)C(C)(C)C. The van der Waals surface area contributed by atoms with E-state index in [1.165, 1.54) is 0 Å². The van der Waals surface area contributed by atoms with E-state index in [0.29, 0.717) is 0 Å². The van der Waals surface area contributed by atoms with Gasteiger partial charge >= 0.3 is 5.97 Å². The molecule has 0 fully saturated rings. The molecule has 0 spiro atoms. The second-order valence-corrected chi connectivity index (χ2v) is 8.22. The van der Waals surface area contributed by atoms with E-state index < -0.39 is 5.60 Å². The fourth-order valence-corrected chi connectivity index (χ4v) is 1.73. The number of carbonyl (C=O) groups is 1. The molecule has 0 N–H and O–H groups in total. The lowest BCUT2D eigenvalue weighted by molar-refractivity contribution is -0.165. The lowest BCUT2D eigenvalue weighted by Gasteiger charge is -2.35. The minimum Gasteiger partial charge on any atom is -0.460 e. The smallest absolute Gasteiger partial charge is 0.310 e. The third kappa shape index (κ3) is 7.40. The van der Waals surface area contributed by atoms with Crippen LogP contribution in [-0.4, -0.2) is 11.6 Å². The van der Waals surface area contributed by atoms with Gasteiger partial charge in [0.25, 0.3) is 0 Å². The van der Waals surface area contributed by atoms with E-state index in [-0.39, 0.29) is 22.7 Å². The highest BCUT2D eigenvalue weighted by Gasteiger charge is 2.37. The van der Waals surface area contributed by atoms with E-state index in [0.717, 1.165) is 6.42 Å². The summed E-state index contributed by atoms with van der Waals surface area (Å²) in [6.07, 6.45) is 0.853. The molecule has 17 heavy (non-hydrogen) atoms. The monoisotopic (exact) mass is 242 g/mol. The van der Waals surface area contributed by atoms with Gasteiger partial charge in [0.1, 0.15) is 5.60 Å². The average molecular weight is 242 g/mol. The number of hydrogen-bond donors (Lipinski definition) is 0. The fraction of sp³-hybridized carbons (Fsp3) is 0.933. The highest BCUT2D eigenvalue weighted by molar-refractivity contribution is 5.73. The normalized spacial score (nSPS) is 15.6. The van der Waals surface area contributed by atoms with E-state index >= 15 is 0 Å². The van der Waals surface area contributed by atoms with Crippen molar-refractivity contribution in [2.45, 2.75) is 74.3 Å². The largest absolute Gasteiger partial charge is 0.460 e. The van der Waals surface area contributed by atoms with Crippen LogP contribution in [0, 0.1) is 16.7 Å². The Bertz CT molecular complexity index is 258. The van der Waals surface area contributed by atoms with Crippen LogP contribution in [0.25, 0.3) is 0 Å². The molecule has 0 bridgehead atoms. The summed E-state index contributed by atoms with van der Waals surface area (Å²) in [6, 6.07) is 0. The van der Waals surface area contributed by atoms with Crippen LogP contribution in [0.3, 0.4) is 0 Å². The van der Waals surface area contributed by atoms with Crippen molar-refractivity contribution in [3.8, 4) is 0 Å². The molecule has 0 heterocycles. The van der Waals surface area contributed by atoms with Crippen LogP contribution >= 0.6 is 0 Å². The molecule has 0 aromatic heterocycles. The zero-order chi connectivity index (χ0) is 14.1. The van der Waals surface area contributed by atoms with Crippen molar-refractivity contribution in [3.05, 3.63) is 0 Å². The minimum absolute atomic E-state index is 0.0540. The van der Waals surface area contributed by atoms with Gasteiger partial charge in [-0.25, -0.2) is 0 Å². The Morgan fingerprint density at radius 3 is 1.59 bits per heavy atom. The van der Waals surface area contributed by atoms with Crippen LogP contribution in [0.5, 0.6) is 0 Å². The molecule has 0 amide bonds. The van der Waals surface area contributed by atoms with E-state index in [4.69, 9.17) is 4.74 Å².